The fourth-order valence-corrected chi connectivity index (χ4v) is 2.95. The predicted octanol–water partition coefficient (Wildman–Crippen LogP) is 3.77. The third-order valence-electron chi connectivity index (χ3n) is 4.16. The highest BCUT2D eigenvalue weighted by Gasteiger charge is 2.17. The van der Waals surface area contributed by atoms with Crippen LogP contribution in [-0.2, 0) is 11.3 Å². The number of rotatable bonds is 8. The Labute approximate surface area is 129 Å². The molecule has 3 heteroatoms. The molecule has 1 aliphatic rings. The molecule has 1 N–H and O–H groups in total. The number of ether oxygens (including phenoxy) is 2. The second kappa shape index (κ2) is 9.06. The van der Waals surface area contributed by atoms with E-state index in [1.807, 2.05) is 19.1 Å². The van der Waals surface area contributed by atoms with E-state index in [4.69, 9.17) is 9.47 Å². The van der Waals surface area contributed by atoms with E-state index in [0.717, 1.165) is 24.8 Å². The lowest BCUT2D eigenvalue weighted by atomic mass is 9.87. The van der Waals surface area contributed by atoms with Crippen LogP contribution in [0.3, 0.4) is 0 Å². The second-order valence-electron chi connectivity index (χ2n) is 6.04. The van der Waals surface area contributed by atoms with Crippen molar-refractivity contribution in [1.29, 1.82) is 0 Å². The first-order valence-corrected chi connectivity index (χ1v) is 8.30. The molecule has 0 heterocycles. The fraction of sp³-hybridized carbons (Fsp3) is 0.667. The second-order valence-corrected chi connectivity index (χ2v) is 6.04. The van der Waals surface area contributed by atoms with E-state index in [-0.39, 0.29) is 0 Å². The molecule has 0 saturated heterocycles. The molecule has 0 spiro atoms. The SMILES string of the molecule is CCOCCOc1ccc(CNC2CCCC(C)C2)cc1. The summed E-state index contributed by atoms with van der Waals surface area (Å²) >= 11 is 0. The maximum atomic E-state index is 5.63. The molecule has 1 saturated carbocycles. The van der Waals surface area contributed by atoms with Gasteiger partial charge in [0.1, 0.15) is 12.4 Å². The highest BCUT2D eigenvalue weighted by molar-refractivity contribution is 5.27. The predicted molar refractivity (Wildman–Crippen MR) is 86.7 cm³/mol. The normalized spacial score (nSPS) is 22.2. The molecule has 0 aromatic heterocycles. The third kappa shape index (κ3) is 6.06. The largest absolute Gasteiger partial charge is 0.491 e. The zero-order chi connectivity index (χ0) is 14.9. The van der Waals surface area contributed by atoms with E-state index in [1.165, 1.54) is 31.2 Å². The maximum absolute atomic E-state index is 5.63. The lowest BCUT2D eigenvalue weighted by Gasteiger charge is -2.27. The van der Waals surface area contributed by atoms with Crippen LogP contribution in [0.2, 0.25) is 0 Å². The highest BCUT2D eigenvalue weighted by Crippen LogP contribution is 2.23. The van der Waals surface area contributed by atoms with Crippen molar-refractivity contribution < 1.29 is 9.47 Å². The summed E-state index contributed by atoms with van der Waals surface area (Å²) in [5.41, 5.74) is 1.32. The molecule has 21 heavy (non-hydrogen) atoms. The van der Waals surface area contributed by atoms with Crippen molar-refractivity contribution in [2.75, 3.05) is 19.8 Å². The number of benzene rings is 1. The number of hydrogen-bond acceptors (Lipinski definition) is 3. The Morgan fingerprint density at radius 3 is 2.67 bits per heavy atom. The monoisotopic (exact) mass is 291 g/mol. The molecule has 1 fully saturated rings. The summed E-state index contributed by atoms with van der Waals surface area (Å²) in [4.78, 5) is 0. The minimum Gasteiger partial charge on any atom is -0.491 e. The Hall–Kier alpha value is -1.06. The molecular weight excluding hydrogens is 262 g/mol. The summed E-state index contributed by atoms with van der Waals surface area (Å²) in [5, 5.41) is 3.69. The van der Waals surface area contributed by atoms with Crippen molar-refractivity contribution in [1.82, 2.24) is 5.32 Å². The molecule has 1 aromatic carbocycles. The Morgan fingerprint density at radius 1 is 1.14 bits per heavy atom. The van der Waals surface area contributed by atoms with Gasteiger partial charge in [-0.1, -0.05) is 31.9 Å². The first-order chi connectivity index (χ1) is 10.3. The third-order valence-corrected chi connectivity index (χ3v) is 4.16. The first kappa shape index (κ1) is 16.3. The summed E-state index contributed by atoms with van der Waals surface area (Å²) in [7, 11) is 0. The quantitative estimate of drug-likeness (QED) is 0.740. The molecule has 0 aliphatic heterocycles. The van der Waals surface area contributed by atoms with Gasteiger partial charge in [0.25, 0.3) is 0 Å². The van der Waals surface area contributed by atoms with Crippen LogP contribution in [0.4, 0.5) is 0 Å². The topological polar surface area (TPSA) is 30.5 Å². The molecule has 2 unspecified atom stereocenters. The van der Waals surface area contributed by atoms with Gasteiger partial charge >= 0.3 is 0 Å². The summed E-state index contributed by atoms with van der Waals surface area (Å²) in [6.07, 6.45) is 5.40. The number of nitrogens with one attached hydrogen (secondary N) is 1. The van der Waals surface area contributed by atoms with Crippen molar-refractivity contribution in [3.8, 4) is 5.75 Å². The van der Waals surface area contributed by atoms with Crippen LogP contribution in [0.15, 0.2) is 24.3 Å². The van der Waals surface area contributed by atoms with Gasteiger partial charge in [-0.3, -0.25) is 0 Å². The molecule has 118 valence electrons. The van der Waals surface area contributed by atoms with Gasteiger partial charge < -0.3 is 14.8 Å². The van der Waals surface area contributed by atoms with Gasteiger partial charge in [0.15, 0.2) is 0 Å². The minimum atomic E-state index is 0.616. The molecule has 2 rings (SSSR count). The van der Waals surface area contributed by atoms with E-state index in [2.05, 4.69) is 24.4 Å². The van der Waals surface area contributed by atoms with Crippen LogP contribution in [0, 0.1) is 5.92 Å². The Balaban J connectivity index is 1.69. The van der Waals surface area contributed by atoms with E-state index < -0.39 is 0 Å². The summed E-state index contributed by atoms with van der Waals surface area (Å²) in [6.45, 7) is 7.33. The highest BCUT2D eigenvalue weighted by atomic mass is 16.5. The van der Waals surface area contributed by atoms with Gasteiger partial charge in [0, 0.05) is 19.2 Å². The summed E-state index contributed by atoms with van der Waals surface area (Å²) in [6, 6.07) is 9.08. The van der Waals surface area contributed by atoms with Gasteiger partial charge in [0.05, 0.1) is 6.61 Å². The van der Waals surface area contributed by atoms with Gasteiger partial charge in [-0.2, -0.15) is 0 Å². The molecule has 1 aliphatic carbocycles. The fourth-order valence-electron chi connectivity index (χ4n) is 2.95. The van der Waals surface area contributed by atoms with Crippen LogP contribution >= 0.6 is 0 Å². The van der Waals surface area contributed by atoms with Crippen LogP contribution in [0.25, 0.3) is 0 Å². The van der Waals surface area contributed by atoms with Crippen LogP contribution in [0.1, 0.15) is 45.1 Å². The van der Waals surface area contributed by atoms with E-state index >= 15 is 0 Å². The zero-order valence-corrected chi connectivity index (χ0v) is 13.4. The van der Waals surface area contributed by atoms with Gasteiger partial charge in [-0.25, -0.2) is 0 Å². The molecule has 2 atom stereocenters. The van der Waals surface area contributed by atoms with Crippen molar-refractivity contribution in [3.05, 3.63) is 29.8 Å². The molecule has 0 radical (unpaired) electrons. The zero-order valence-electron chi connectivity index (χ0n) is 13.4. The van der Waals surface area contributed by atoms with E-state index in [1.54, 1.807) is 0 Å². The van der Waals surface area contributed by atoms with Crippen molar-refractivity contribution in [2.24, 2.45) is 5.92 Å². The lowest BCUT2D eigenvalue weighted by Crippen LogP contribution is -2.33. The smallest absolute Gasteiger partial charge is 0.119 e. The summed E-state index contributed by atoms with van der Waals surface area (Å²) < 4.78 is 10.9. The molecule has 0 bridgehead atoms. The van der Waals surface area contributed by atoms with Crippen LogP contribution < -0.4 is 10.1 Å². The van der Waals surface area contributed by atoms with Crippen molar-refractivity contribution >= 4 is 0 Å². The standard InChI is InChI=1S/C18H29NO2/c1-3-20-11-12-21-18-9-7-16(8-10-18)14-19-17-6-4-5-15(2)13-17/h7-10,15,17,19H,3-6,11-14H2,1-2H3. The first-order valence-electron chi connectivity index (χ1n) is 8.30. The van der Waals surface area contributed by atoms with Crippen molar-refractivity contribution in [3.63, 3.8) is 0 Å². The summed E-state index contributed by atoms with van der Waals surface area (Å²) in [5.74, 6) is 1.79. The van der Waals surface area contributed by atoms with E-state index in [9.17, 15) is 0 Å². The number of hydrogen-bond donors (Lipinski definition) is 1. The maximum Gasteiger partial charge on any atom is 0.119 e. The lowest BCUT2D eigenvalue weighted by molar-refractivity contribution is 0.110. The Bertz CT molecular complexity index is 391. The van der Waals surface area contributed by atoms with Gasteiger partial charge in [-0.15, -0.1) is 0 Å². The Morgan fingerprint density at radius 2 is 1.95 bits per heavy atom. The Kier molecular flexibility index (Phi) is 7.04. The van der Waals surface area contributed by atoms with Crippen LogP contribution in [0.5, 0.6) is 5.75 Å². The van der Waals surface area contributed by atoms with Gasteiger partial charge in [0.2, 0.25) is 0 Å². The van der Waals surface area contributed by atoms with Crippen LogP contribution in [-0.4, -0.2) is 25.9 Å². The van der Waals surface area contributed by atoms with Gasteiger partial charge in [-0.05, 0) is 43.4 Å². The average molecular weight is 291 g/mol. The van der Waals surface area contributed by atoms with Crippen molar-refractivity contribution in [2.45, 2.75) is 52.1 Å². The molecular formula is C18H29NO2. The molecule has 0 amide bonds. The average Bonchev–Trinajstić information content (AvgIpc) is 2.51. The molecule has 3 nitrogen and oxygen atoms in total. The van der Waals surface area contributed by atoms with E-state index in [0.29, 0.717) is 19.3 Å². The minimum absolute atomic E-state index is 0.616. The molecule has 1 aromatic rings.